The average molecular weight is 248 g/mol. The first-order valence-electron chi connectivity index (χ1n) is 7.30. The van der Waals surface area contributed by atoms with Gasteiger partial charge in [-0.05, 0) is 18.4 Å². The van der Waals surface area contributed by atoms with Crippen molar-refractivity contribution in [3.8, 4) is 0 Å². The third-order valence-corrected chi connectivity index (χ3v) is 2.95. The van der Waals surface area contributed by atoms with Gasteiger partial charge in [0.05, 0.1) is 0 Å². The molecular weight excluding hydrogens is 220 g/mol. The number of unbranched alkanes of at least 4 members (excludes halogenated alkanes) is 3. The smallest absolute Gasteiger partial charge is 0.132 e. The maximum absolute atomic E-state index is 10.2. The number of rotatable bonds is 7. The van der Waals surface area contributed by atoms with Gasteiger partial charge >= 0.3 is 0 Å². The van der Waals surface area contributed by atoms with Crippen molar-refractivity contribution in [2.45, 2.75) is 65.7 Å². The third kappa shape index (κ3) is 10.1. The van der Waals surface area contributed by atoms with Crippen molar-refractivity contribution in [1.82, 2.24) is 0 Å². The van der Waals surface area contributed by atoms with Gasteiger partial charge in [0, 0.05) is 12.8 Å². The molecule has 0 unspecified atom stereocenters. The summed E-state index contributed by atoms with van der Waals surface area (Å²) in [6.07, 6.45) is 8.07. The molecule has 0 saturated carbocycles. The molecular formula is C17H28O. The van der Waals surface area contributed by atoms with Crippen LogP contribution in [0.5, 0.6) is 0 Å². The summed E-state index contributed by atoms with van der Waals surface area (Å²) in [7, 11) is 0. The molecule has 102 valence electrons. The molecule has 0 aliphatic heterocycles. The molecule has 0 aliphatic carbocycles. The van der Waals surface area contributed by atoms with E-state index >= 15 is 0 Å². The van der Waals surface area contributed by atoms with Crippen LogP contribution < -0.4 is 0 Å². The minimum absolute atomic E-state index is 0.343. The van der Waals surface area contributed by atoms with Gasteiger partial charge in [-0.1, -0.05) is 70.4 Å². The molecule has 1 aromatic carbocycles. The summed E-state index contributed by atoms with van der Waals surface area (Å²) in [6, 6.07) is 10.7. The average Bonchev–Trinajstić information content (AvgIpc) is 2.44. The van der Waals surface area contributed by atoms with Gasteiger partial charge in [-0.15, -0.1) is 0 Å². The maximum Gasteiger partial charge on any atom is 0.132 e. The van der Waals surface area contributed by atoms with Crippen molar-refractivity contribution in [2.75, 3.05) is 0 Å². The zero-order valence-corrected chi connectivity index (χ0v) is 12.2. The van der Waals surface area contributed by atoms with Crippen LogP contribution in [0.25, 0.3) is 0 Å². The number of ketones is 1. The predicted octanol–water partition coefficient (Wildman–Crippen LogP) is 5.18. The number of hydrogen-bond donors (Lipinski definition) is 0. The van der Waals surface area contributed by atoms with E-state index in [1.54, 1.807) is 0 Å². The van der Waals surface area contributed by atoms with Crippen LogP contribution in [0.2, 0.25) is 0 Å². The Morgan fingerprint density at radius 1 is 0.889 bits per heavy atom. The Morgan fingerprint density at radius 3 is 1.94 bits per heavy atom. The summed E-state index contributed by atoms with van der Waals surface area (Å²) in [5, 5.41) is 0. The lowest BCUT2D eigenvalue weighted by Crippen LogP contribution is -1.88. The Kier molecular flexibility index (Phi) is 11.6. The fourth-order valence-corrected chi connectivity index (χ4v) is 1.65. The minimum atomic E-state index is 0.343. The molecule has 1 nitrogen and oxygen atoms in total. The van der Waals surface area contributed by atoms with Crippen molar-refractivity contribution < 1.29 is 4.79 Å². The monoisotopic (exact) mass is 248 g/mol. The minimum Gasteiger partial charge on any atom is -0.300 e. The Labute approximate surface area is 113 Å². The lowest BCUT2D eigenvalue weighted by Gasteiger charge is -1.99. The highest BCUT2D eigenvalue weighted by atomic mass is 16.1. The number of benzene rings is 1. The van der Waals surface area contributed by atoms with Crippen LogP contribution >= 0.6 is 0 Å². The molecule has 0 heterocycles. The SMILES string of the molecule is CCC(=O)CC.CCCCCCc1ccccc1. The van der Waals surface area contributed by atoms with Gasteiger partial charge in [0.25, 0.3) is 0 Å². The molecule has 0 radical (unpaired) electrons. The van der Waals surface area contributed by atoms with Gasteiger partial charge < -0.3 is 0 Å². The van der Waals surface area contributed by atoms with Crippen LogP contribution in [-0.4, -0.2) is 5.78 Å². The lowest BCUT2D eigenvalue weighted by molar-refractivity contribution is -0.118. The summed E-state index contributed by atoms with van der Waals surface area (Å²) in [6.45, 7) is 6.01. The van der Waals surface area contributed by atoms with E-state index in [2.05, 4.69) is 37.3 Å². The Bertz CT molecular complexity index is 284. The van der Waals surface area contributed by atoms with E-state index in [0.717, 1.165) is 0 Å². The predicted molar refractivity (Wildman–Crippen MR) is 79.9 cm³/mol. The normalized spacial score (nSPS) is 9.50. The van der Waals surface area contributed by atoms with Crippen molar-refractivity contribution in [3.05, 3.63) is 35.9 Å². The van der Waals surface area contributed by atoms with Crippen LogP contribution in [0.3, 0.4) is 0 Å². The fourth-order valence-electron chi connectivity index (χ4n) is 1.65. The molecule has 1 aromatic rings. The van der Waals surface area contributed by atoms with Gasteiger partial charge in [-0.25, -0.2) is 0 Å². The van der Waals surface area contributed by atoms with E-state index < -0.39 is 0 Å². The van der Waals surface area contributed by atoms with Gasteiger partial charge in [0.2, 0.25) is 0 Å². The quantitative estimate of drug-likeness (QED) is 0.607. The van der Waals surface area contributed by atoms with E-state index in [-0.39, 0.29) is 0 Å². The number of hydrogen-bond acceptors (Lipinski definition) is 1. The van der Waals surface area contributed by atoms with Gasteiger partial charge in [0.1, 0.15) is 5.78 Å². The second-order valence-electron chi connectivity index (χ2n) is 4.54. The molecule has 1 rings (SSSR count). The van der Waals surface area contributed by atoms with Crippen molar-refractivity contribution >= 4 is 5.78 Å². The molecule has 0 N–H and O–H groups in total. The number of aryl methyl sites for hydroxylation is 1. The first-order valence-corrected chi connectivity index (χ1v) is 7.30. The van der Waals surface area contributed by atoms with E-state index in [1.807, 2.05) is 13.8 Å². The van der Waals surface area contributed by atoms with Crippen LogP contribution in [0.15, 0.2) is 30.3 Å². The van der Waals surface area contributed by atoms with E-state index in [4.69, 9.17) is 0 Å². The number of carbonyl (C=O) groups excluding carboxylic acids is 1. The van der Waals surface area contributed by atoms with Crippen LogP contribution in [0, 0.1) is 0 Å². The van der Waals surface area contributed by atoms with Crippen LogP contribution in [-0.2, 0) is 11.2 Å². The number of carbonyl (C=O) groups is 1. The van der Waals surface area contributed by atoms with Crippen LogP contribution in [0.4, 0.5) is 0 Å². The molecule has 0 aromatic heterocycles. The topological polar surface area (TPSA) is 17.1 Å². The zero-order valence-electron chi connectivity index (χ0n) is 12.2. The molecule has 18 heavy (non-hydrogen) atoms. The first-order chi connectivity index (χ1) is 8.74. The molecule has 0 bridgehead atoms. The van der Waals surface area contributed by atoms with Gasteiger partial charge in [0.15, 0.2) is 0 Å². The molecule has 0 fully saturated rings. The molecule has 0 saturated heterocycles. The highest BCUT2D eigenvalue weighted by Gasteiger charge is 1.90. The van der Waals surface area contributed by atoms with E-state index in [0.29, 0.717) is 18.6 Å². The van der Waals surface area contributed by atoms with Crippen LogP contribution in [0.1, 0.15) is 64.9 Å². The van der Waals surface area contributed by atoms with Gasteiger partial charge in [-0.3, -0.25) is 4.79 Å². The summed E-state index contributed by atoms with van der Waals surface area (Å²) in [4.78, 5) is 10.2. The Morgan fingerprint density at radius 2 is 1.50 bits per heavy atom. The molecule has 0 amide bonds. The highest BCUT2D eigenvalue weighted by Crippen LogP contribution is 2.06. The molecule has 0 aliphatic rings. The highest BCUT2D eigenvalue weighted by molar-refractivity contribution is 5.77. The standard InChI is InChI=1S/C12H18.C5H10O/c1-2-3-4-6-9-12-10-7-5-8-11-12;1-3-5(6)4-2/h5,7-8,10-11H,2-4,6,9H2,1H3;3-4H2,1-2H3. The third-order valence-electron chi connectivity index (χ3n) is 2.95. The summed E-state index contributed by atoms with van der Waals surface area (Å²) in [5.74, 6) is 0.343. The van der Waals surface area contributed by atoms with Crippen molar-refractivity contribution in [1.29, 1.82) is 0 Å². The second-order valence-corrected chi connectivity index (χ2v) is 4.54. The maximum atomic E-state index is 10.2. The zero-order chi connectivity index (χ0) is 13.6. The summed E-state index contributed by atoms with van der Waals surface area (Å²) in [5.41, 5.74) is 1.48. The first kappa shape index (κ1) is 16.9. The van der Waals surface area contributed by atoms with Gasteiger partial charge in [-0.2, -0.15) is 0 Å². The van der Waals surface area contributed by atoms with E-state index in [1.165, 1.54) is 37.7 Å². The molecule has 0 spiro atoms. The van der Waals surface area contributed by atoms with Crippen molar-refractivity contribution in [3.63, 3.8) is 0 Å². The molecule has 0 atom stereocenters. The summed E-state index contributed by atoms with van der Waals surface area (Å²) < 4.78 is 0. The van der Waals surface area contributed by atoms with E-state index in [9.17, 15) is 4.79 Å². The largest absolute Gasteiger partial charge is 0.300 e. The number of Topliss-reactive ketones (excluding diaryl/α,β-unsaturated/α-hetero) is 1. The fraction of sp³-hybridized carbons (Fsp3) is 0.588. The Balaban J connectivity index is 0.000000411. The summed E-state index contributed by atoms with van der Waals surface area (Å²) >= 11 is 0. The van der Waals surface area contributed by atoms with Crippen molar-refractivity contribution in [2.24, 2.45) is 0 Å². The Hall–Kier alpha value is -1.11. The lowest BCUT2D eigenvalue weighted by atomic mass is 10.1. The molecule has 1 heteroatoms. The second kappa shape index (κ2) is 12.3.